The molecule has 0 aliphatic carbocycles. The molecule has 0 aliphatic rings. The predicted octanol–water partition coefficient (Wildman–Crippen LogP) is 6.51. The summed E-state index contributed by atoms with van der Waals surface area (Å²) in [4.78, 5) is 0. The molecular formula is C20H33O. The topological polar surface area (TPSA) is 19.9 Å². The fourth-order valence-corrected chi connectivity index (χ4v) is 3.17. The molecule has 0 aromatic heterocycles. The van der Waals surface area contributed by atoms with Crippen molar-refractivity contribution in [2.45, 2.75) is 90.1 Å². The first kappa shape index (κ1) is 18.2. The zero-order chi connectivity index (χ0) is 15.6. The van der Waals surface area contributed by atoms with Gasteiger partial charge in [0, 0.05) is 5.92 Å². The van der Waals surface area contributed by atoms with Gasteiger partial charge in [-0.25, -0.2) is 5.11 Å². The molecule has 1 aromatic rings. The molecule has 1 heteroatoms. The first-order valence-corrected chi connectivity index (χ1v) is 8.87. The van der Waals surface area contributed by atoms with Gasteiger partial charge in [-0.15, -0.1) is 0 Å². The zero-order valence-corrected chi connectivity index (χ0v) is 14.2. The summed E-state index contributed by atoms with van der Waals surface area (Å²) in [7, 11) is 0. The van der Waals surface area contributed by atoms with Crippen LogP contribution in [0.5, 0.6) is 0 Å². The maximum Gasteiger partial charge on any atom is 0.108 e. The van der Waals surface area contributed by atoms with Gasteiger partial charge in [0.25, 0.3) is 0 Å². The van der Waals surface area contributed by atoms with Crippen molar-refractivity contribution >= 4 is 0 Å². The van der Waals surface area contributed by atoms with Crippen molar-refractivity contribution in [3.05, 3.63) is 35.9 Å². The first-order valence-electron chi connectivity index (χ1n) is 8.87. The van der Waals surface area contributed by atoms with E-state index in [2.05, 4.69) is 38.1 Å². The Hall–Kier alpha value is -0.820. The minimum Gasteiger partial charge on any atom is -0.229 e. The molecular weight excluding hydrogens is 256 g/mol. The quantitative estimate of drug-likeness (QED) is 0.414. The summed E-state index contributed by atoms with van der Waals surface area (Å²) in [6, 6.07) is 10.4. The van der Waals surface area contributed by atoms with Gasteiger partial charge in [-0.2, -0.15) is 0 Å². The second-order valence-electron chi connectivity index (χ2n) is 6.58. The van der Waals surface area contributed by atoms with Crippen molar-refractivity contribution in [3.8, 4) is 0 Å². The smallest absolute Gasteiger partial charge is 0.108 e. The molecule has 0 bridgehead atoms. The molecule has 0 amide bonds. The molecule has 0 saturated heterocycles. The van der Waals surface area contributed by atoms with E-state index in [0.717, 1.165) is 32.1 Å². The lowest BCUT2D eigenvalue weighted by molar-refractivity contribution is -0.0481. The third-order valence-corrected chi connectivity index (χ3v) is 4.56. The molecule has 1 rings (SSSR count). The second kappa shape index (κ2) is 10.00. The van der Waals surface area contributed by atoms with Crippen LogP contribution in [0.15, 0.2) is 30.3 Å². The summed E-state index contributed by atoms with van der Waals surface area (Å²) in [6.45, 7) is 6.36. The van der Waals surface area contributed by atoms with Gasteiger partial charge >= 0.3 is 0 Å². The van der Waals surface area contributed by atoms with E-state index in [1.807, 2.05) is 13.0 Å². The number of benzene rings is 1. The lowest BCUT2D eigenvalue weighted by Crippen LogP contribution is -2.31. The van der Waals surface area contributed by atoms with Crippen molar-refractivity contribution in [2.24, 2.45) is 0 Å². The summed E-state index contributed by atoms with van der Waals surface area (Å²) in [5.41, 5.74) is 0.403. The monoisotopic (exact) mass is 289 g/mol. The SMILES string of the molecule is CCCCCCCC(C)([O])C(CCCC)c1ccccc1. The average Bonchev–Trinajstić information content (AvgIpc) is 2.48. The fraction of sp³-hybridized carbons (Fsp3) is 0.700. The van der Waals surface area contributed by atoms with E-state index in [4.69, 9.17) is 0 Å². The van der Waals surface area contributed by atoms with E-state index in [-0.39, 0.29) is 5.92 Å². The lowest BCUT2D eigenvalue weighted by Gasteiger charge is -2.31. The molecule has 2 atom stereocenters. The Morgan fingerprint density at radius 1 is 0.905 bits per heavy atom. The highest BCUT2D eigenvalue weighted by molar-refractivity contribution is 5.22. The van der Waals surface area contributed by atoms with E-state index < -0.39 is 5.60 Å². The second-order valence-corrected chi connectivity index (χ2v) is 6.58. The highest BCUT2D eigenvalue weighted by Crippen LogP contribution is 2.37. The number of unbranched alkanes of at least 4 members (excludes halogenated alkanes) is 5. The maximum atomic E-state index is 13.1. The summed E-state index contributed by atoms with van der Waals surface area (Å²) < 4.78 is 0. The van der Waals surface area contributed by atoms with Crippen LogP contribution in [0, 0.1) is 0 Å². The summed E-state index contributed by atoms with van der Waals surface area (Å²) in [5, 5.41) is 13.1. The molecule has 0 N–H and O–H groups in total. The Morgan fingerprint density at radius 3 is 2.14 bits per heavy atom. The molecule has 0 aliphatic heterocycles. The number of rotatable bonds is 11. The largest absolute Gasteiger partial charge is 0.229 e. The van der Waals surface area contributed by atoms with Crippen LogP contribution in [0.4, 0.5) is 0 Å². The van der Waals surface area contributed by atoms with Gasteiger partial charge < -0.3 is 0 Å². The Bertz CT molecular complexity index is 355. The third-order valence-electron chi connectivity index (χ3n) is 4.56. The van der Waals surface area contributed by atoms with Gasteiger partial charge in [0.15, 0.2) is 0 Å². The lowest BCUT2D eigenvalue weighted by atomic mass is 9.77. The molecule has 0 spiro atoms. The van der Waals surface area contributed by atoms with Gasteiger partial charge in [0.2, 0.25) is 0 Å². The molecule has 0 fully saturated rings. The highest BCUT2D eigenvalue weighted by Gasteiger charge is 2.33. The summed E-state index contributed by atoms with van der Waals surface area (Å²) >= 11 is 0. The van der Waals surface area contributed by atoms with E-state index >= 15 is 0 Å². The Labute approximate surface area is 131 Å². The van der Waals surface area contributed by atoms with Gasteiger partial charge in [0.1, 0.15) is 5.60 Å². The molecule has 1 radical (unpaired) electrons. The zero-order valence-electron chi connectivity index (χ0n) is 14.2. The van der Waals surface area contributed by atoms with Crippen molar-refractivity contribution < 1.29 is 5.11 Å². The van der Waals surface area contributed by atoms with E-state index in [1.54, 1.807) is 0 Å². The van der Waals surface area contributed by atoms with Crippen molar-refractivity contribution in [1.82, 2.24) is 0 Å². The van der Waals surface area contributed by atoms with Crippen LogP contribution in [0.3, 0.4) is 0 Å². The Morgan fingerprint density at radius 2 is 1.52 bits per heavy atom. The Kier molecular flexibility index (Phi) is 8.68. The third kappa shape index (κ3) is 6.65. The normalized spacial score (nSPS) is 15.6. The van der Waals surface area contributed by atoms with Gasteiger partial charge in [-0.1, -0.05) is 89.1 Å². The van der Waals surface area contributed by atoms with E-state index in [9.17, 15) is 5.11 Å². The molecule has 1 nitrogen and oxygen atoms in total. The predicted molar refractivity (Wildman–Crippen MR) is 91.2 cm³/mol. The highest BCUT2D eigenvalue weighted by atomic mass is 16.3. The standard InChI is InChI=1S/C20H33O/c1-4-6-8-9-13-17-20(3,21)19(16-7-5-2)18-14-11-10-12-15-18/h10-12,14-15,19H,4-9,13,16-17H2,1-3H3. The van der Waals surface area contributed by atoms with Crippen LogP contribution >= 0.6 is 0 Å². The molecule has 1 aromatic carbocycles. The van der Waals surface area contributed by atoms with Crippen LogP contribution in [-0.2, 0) is 5.11 Å². The first-order chi connectivity index (χ1) is 10.1. The summed E-state index contributed by atoms with van der Waals surface area (Å²) in [5.74, 6) is 0.157. The van der Waals surface area contributed by atoms with Crippen LogP contribution in [0.1, 0.15) is 90.0 Å². The fourth-order valence-electron chi connectivity index (χ4n) is 3.17. The minimum absolute atomic E-state index is 0.157. The van der Waals surface area contributed by atoms with Crippen molar-refractivity contribution in [3.63, 3.8) is 0 Å². The molecule has 0 heterocycles. The number of hydrogen-bond donors (Lipinski definition) is 0. The van der Waals surface area contributed by atoms with Gasteiger partial charge in [-0.3, -0.25) is 0 Å². The van der Waals surface area contributed by atoms with Crippen LogP contribution in [-0.4, -0.2) is 5.60 Å². The van der Waals surface area contributed by atoms with Crippen LogP contribution in [0.2, 0.25) is 0 Å². The summed E-state index contributed by atoms with van der Waals surface area (Å²) in [6.07, 6.45) is 10.3. The van der Waals surface area contributed by atoms with Crippen LogP contribution < -0.4 is 0 Å². The van der Waals surface area contributed by atoms with Crippen LogP contribution in [0.25, 0.3) is 0 Å². The maximum absolute atomic E-state index is 13.1. The average molecular weight is 289 g/mol. The van der Waals surface area contributed by atoms with E-state index in [1.165, 1.54) is 31.2 Å². The van der Waals surface area contributed by atoms with Gasteiger partial charge in [-0.05, 0) is 25.3 Å². The van der Waals surface area contributed by atoms with E-state index in [0.29, 0.717) is 0 Å². The molecule has 21 heavy (non-hydrogen) atoms. The molecule has 0 saturated carbocycles. The number of hydrogen-bond acceptors (Lipinski definition) is 0. The minimum atomic E-state index is -0.831. The molecule has 119 valence electrons. The molecule has 2 unspecified atom stereocenters. The van der Waals surface area contributed by atoms with Crippen molar-refractivity contribution in [1.29, 1.82) is 0 Å². The Balaban J connectivity index is 2.62. The van der Waals surface area contributed by atoms with Crippen molar-refractivity contribution in [2.75, 3.05) is 0 Å². The van der Waals surface area contributed by atoms with Gasteiger partial charge in [0.05, 0.1) is 0 Å².